The molecule has 0 aliphatic heterocycles. The highest BCUT2D eigenvalue weighted by molar-refractivity contribution is 7.13. The van der Waals surface area contributed by atoms with Crippen LogP contribution in [0.15, 0.2) is 83.5 Å². The summed E-state index contributed by atoms with van der Waals surface area (Å²) in [7, 11) is 1.64. The number of aromatic nitrogens is 2. The minimum absolute atomic E-state index is 0.212. The third kappa shape index (κ3) is 5.37. The number of nitrogens with zero attached hydrogens (tertiary/aromatic N) is 3. The fraction of sp³-hybridized carbons (Fsp3) is 0.0870. The lowest BCUT2D eigenvalue weighted by Gasteiger charge is -2.05. The molecule has 2 aromatic carbocycles. The molecule has 8 heteroatoms. The summed E-state index contributed by atoms with van der Waals surface area (Å²) < 4.78 is 10.9. The molecule has 0 aliphatic rings. The molecule has 0 spiro atoms. The van der Waals surface area contributed by atoms with Crippen LogP contribution in [0.1, 0.15) is 11.3 Å². The normalized spacial score (nSPS) is 11.2. The van der Waals surface area contributed by atoms with Gasteiger partial charge in [0.25, 0.3) is 0 Å². The van der Waals surface area contributed by atoms with Gasteiger partial charge in [0.15, 0.2) is 12.4 Å². The van der Waals surface area contributed by atoms with Crippen molar-refractivity contribution in [2.75, 3.05) is 7.11 Å². The molecule has 0 saturated heterocycles. The number of methoxy groups -OCH3 is 1. The van der Waals surface area contributed by atoms with E-state index in [2.05, 4.69) is 15.1 Å². The first-order valence-electron chi connectivity index (χ1n) is 9.45. The Hall–Kier alpha value is -3.91. The second-order valence-electron chi connectivity index (χ2n) is 6.43. The summed E-state index contributed by atoms with van der Waals surface area (Å²) in [6.07, 6.45) is 1.59. The van der Waals surface area contributed by atoms with Crippen molar-refractivity contribution in [2.24, 2.45) is 10.9 Å². The van der Waals surface area contributed by atoms with Crippen molar-refractivity contribution in [1.82, 2.24) is 9.97 Å². The monoisotopic (exact) mass is 432 g/mol. The lowest BCUT2D eigenvalue weighted by atomic mass is 10.2. The number of thiazole rings is 1. The molecule has 7 nitrogen and oxygen atoms in total. The van der Waals surface area contributed by atoms with Gasteiger partial charge < -0.3 is 20.0 Å². The van der Waals surface area contributed by atoms with Crippen LogP contribution in [0, 0.1) is 0 Å². The molecule has 2 heterocycles. The van der Waals surface area contributed by atoms with Gasteiger partial charge in [0.2, 0.25) is 5.88 Å². The number of ether oxygens (including phenoxy) is 2. The predicted molar refractivity (Wildman–Crippen MR) is 120 cm³/mol. The second kappa shape index (κ2) is 9.73. The summed E-state index contributed by atoms with van der Waals surface area (Å²) in [6.45, 7) is 0.212. The van der Waals surface area contributed by atoms with E-state index in [1.54, 1.807) is 25.4 Å². The fourth-order valence-electron chi connectivity index (χ4n) is 2.68. The van der Waals surface area contributed by atoms with E-state index in [0.717, 1.165) is 22.0 Å². The van der Waals surface area contributed by atoms with Gasteiger partial charge in [-0.15, -0.1) is 11.3 Å². The fourth-order valence-corrected chi connectivity index (χ4v) is 3.49. The first-order chi connectivity index (χ1) is 15.2. The Morgan fingerprint density at radius 1 is 1.03 bits per heavy atom. The van der Waals surface area contributed by atoms with E-state index in [4.69, 9.17) is 20.0 Å². The van der Waals surface area contributed by atoms with Gasteiger partial charge in [-0.2, -0.15) is 0 Å². The van der Waals surface area contributed by atoms with Crippen molar-refractivity contribution in [3.05, 3.63) is 89.6 Å². The Kier molecular flexibility index (Phi) is 6.39. The maximum Gasteiger partial charge on any atom is 0.219 e. The average molecular weight is 433 g/mol. The van der Waals surface area contributed by atoms with E-state index in [0.29, 0.717) is 17.2 Å². The predicted octanol–water partition coefficient (Wildman–Crippen LogP) is 4.84. The van der Waals surface area contributed by atoms with Crippen LogP contribution in [-0.2, 0) is 11.4 Å². The minimum Gasteiger partial charge on any atom is -0.497 e. The second-order valence-corrected chi connectivity index (χ2v) is 7.28. The summed E-state index contributed by atoms with van der Waals surface area (Å²) in [5, 5.41) is 6.78. The van der Waals surface area contributed by atoms with Gasteiger partial charge in [-0.3, -0.25) is 0 Å². The Morgan fingerprint density at radius 2 is 1.87 bits per heavy atom. The molecule has 0 amide bonds. The summed E-state index contributed by atoms with van der Waals surface area (Å²) in [5.74, 6) is 2.19. The number of amidine groups is 1. The van der Waals surface area contributed by atoms with E-state index in [1.807, 2.05) is 60.0 Å². The molecule has 0 saturated carbocycles. The lowest BCUT2D eigenvalue weighted by Crippen LogP contribution is -2.14. The number of hydrogen-bond acceptors (Lipinski definition) is 7. The molecule has 2 N–H and O–H groups in total. The van der Waals surface area contributed by atoms with Crippen LogP contribution >= 0.6 is 11.3 Å². The summed E-state index contributed by atoms with van der Waals surface area (Å²) in [5.41, 5.74) is 8.39. The summed E-state index contributed by atoms with van der Waals surface area (Å²) in [6, 6.07) is 20.7. The van der Waals surface area contributed by atoms with Gasteiger partial charge in [0, 0.05) is 28.8 Å². The van der Waals surface area contributed by atoms with Crippen LogP contribution < -0.4 is 15.2 Å². The quantitative estimate of drug-likeness (QED) is 0.243. The van der Waals surface area contributed by atoms with Crippen molar-refractivity contribution in [1.29, 1.82) is 0 Å². The standard InChI is InChI=1S/C23H20N4O3S/c1-28-20-9-5-6-16(12-20)23-26-18(15-31-23)14-29-27-22(24)17-10-11-21(25-13-17)30-19-7-3-2-4-8-19/h2-13,15H,14H2,1H3,(H2,24,27). The number of benzene rings is 2. The molecule has 31 heavy (non-hydrogen) atoms. The van der Waals surface area contributed by atoms with Crippen LogP contribution in [0.4, 0.5) is 0 Å². The number of pyridine rings is 1. The van der Waals surface area contributed by atoms with Crippen LogP contribution in [0.3, 0.4) is 0 Å². The third-order valence-corrected chi connectivity index (χ3v) is 5.18. The van der Waals surface area contributed by atoms with Gasteiger partial charge >= 0.3 is 0 Å². The van der Waals surface area contributed by atoms with E-state index in [-0.39, 0.29) is 12.4 Å². The molecule has 0 unspecified atom stereocenters. The SMILES string of the molecule is COc1cccc(-c2nc(CO/N=C(/N)c3ccc(Oc4ccccc4)nc3)cs2)c1. The Morgan fingerprint density at radius 3 is 2.65 bits per heavy atom. The Balaban J connectivity index is 1.34. The van der Waals surface area contributed by atoms with Gasteiger partial charge in [-0.05, 0) is 30.3 Å². The first kappa shape index (κ1) is 20.4. The number of para-hydroxylation sites is 1. The van der Waals surface area contributed by atoms with E-state index in [9.17, 15) is 0 Å². The van der Waals surface area contributed by atoms with E-state index in [1.165, 1.54) is 11.3 Å². The van der Waals surface area contributed by atoms with Gasteiger partial charge in [0.1, 0.15) is 16.5 Å². The first-order valence-corrected chi connectivity index (χ1v) is 10.3. The summed E-state index contributed by atoms with van der Waals surface area (Å²) >= 11 is 1.53. The van der Waals surface area contributed by atoms with Gasteiger partial charge in [-0.25, -0.2) is 9.97 Å². The molecule has 0 atom stereocenters. The van der Waals surface area contributed by atoms with Crippen molar-refractivity contribution in [3.63, 3.8) is 0 Å². The topological polar surface area (TPSA) is 91.9 Å². The van der Waals surface area contributed by atoms with Gasteiger partial charge in [0.05, 0.1) is 12.8 Å². The molecule has 4 rings (SSSR count). The van der Waals surface area contributed by atoms with E-state index >= 15 is 0 Å². The highest BCUT2D eigenvalue weighted by atomic mass is 32.1. The van der Waals surface area contributed by atoms with Crippen LogP contribution in [0.2, 0.25) is 0 Å². The molecule has 0 bridgehead atoms. The zero-order valence-electron chi connectivity index (χ0n) is 16.8. The minimum atomic E-state index is 0.212. The molecule has 0 radical (unpaired) electrons. The van der Waals surface area contributed by atoms with E-state index < -0.39 is 0 Å². The van der Waals surface area contributed by atoms with Crippen LogP contribution in [0.5, 0.6) is 17.4 Å². The van der Waals surface area contributed by atoms with Crippen molar-refractivity contribution >= 4 is 17.2 Å². The lowest BCUT2D eigenvalue weighted by molar-refractivity contribution is 0.128. The molecule has 2 aromatic heterocycles. The Bertz CT molecular complexity index is 1160. The molecular formula is C23H20N4O3S. The average Bonchev–Trinajstić information content (AvgIpc) is 3.29. The number of nitrogens with two attached hydrogens (primary N) is 1. The molecule has 0 aliphatic carbocycles. The summed E-state index contributed by atoms with van der Waals surface area (Å²) in [4.78, 5) is 14.2. The maximum absolute atomic E-state index is 6.00. The highest BCUT2D eigenvalue weighted by Crippen LogP contribution is 2.27. The van der Waals surface area contributed by atoms with Crippen molar-refractivity contribution < 1.29 is 14.3 Å². The highest BCUT2D eigenvalue weighted by Gasteiger charge is 2.07. The zero-order valence-corrected chi connectivity index (χ0v) is 17.6. The van der Waals surface area contributed by atoms with Crippen LogP contribution in [0.25, 0.3) is 10.6 Å². The zero-order chi connectivity index (χ0) is 21.5. The Labute approximate surface area is 183 Å². The molecule has 0 fully saturated rings. The molecular weight excluding hydrogens is 412 g/mol. The number of rotatable bonds is 8. The number of oxime groups is 1. The third-order valence-electron chi connectivity index (χ3n) is 4.24. The van der Waals surface area contributed by atoms with Crippen molar-refractivity contribution in [2.45, 2.75) is 6.61 Å². The van der Waals surface area contributed by atoms with Gasteiger partial charge in [-0.1, -0.05) is 35.5 Å². The molecule has 4 aromatic rings. The maximum atomic E-state index is 6.00. The smallest absolute Gasteiger partial charge is 0.219 e. The number of hydrogen-bond donors (Lipinski definition) is 1. The van der Waals surface area contributed by atoms with Crippen molar-refractivity contribution in [3.8, 4) is 28.0 Å². The largest absolute Gasteiger partial charge is 0.497 e. The van der Waals surface area contributed by atoms with Crippen LogP contribution in [-0.4, -0.2) is 22.9 Å². The molecule has 156 valence electrons.